The number of aryl methyl sites for hydroxylation is 1. The number of hydrogen-bond acceptors (Lipinski definition) is 0. The molecule has 0 aliphatic carbocycles. The molecule has 0 heterocycles. The predicted molar refractivity (Wildman–Crippen MR) is 66.8 cm³/mol. The third-order valence-corrected chi connectivity index (χ3v) is 2.57. The molecule has 0 aromatic heterocycles. The molecule has 0 amide bonds. The van der Waals surface area contributed by atoms with Gasteiger partial charge in [0, 0.05) is 12.0 Å². The van der Waals surface area contributed by atoms with E-state index in [2.05, 4.69) is 18.8 Å². The molecule has 1 rings (SSSR count). The van der Waals surface area contributed by atoms with E-state index in [9.17, 15) is 4.39 Å². The van der Waals surface area contributed by atoms with E-state index in [4.69, 9.17) is 0 Å². The van der Waals surface area contributed by atoms with Gasteiger partial charge in [-0.3, -0.25) is 0 Å². The van der Waals surface area contributed by atoms with Crippen LogP contribution in [0.5, 0.6) is 0 Å². The SMILES string of the molecule is CCCCCCC#Cc1ccc(F)cc1C. The first-order chi connectivity index (χ1) is 7.74. The first kappa shape index (κ1) is 12.8. The van der Waals surface area contributed by atoms with Gasteiger partial charge in [-0.25, -0.2) is 4.39 Å². The average Bonchev–Trinajstić information content (AvgIpc) is 2.26. The summed E-state index contributed by atoms with van der Waals surface area (Å²) in [7, 11) is 0. The highest BCUT2D eigenvalue weighted by Gasteiger charge is 1.95. The minimum Gasteiger partial charge on any atom is -0.207 e. The van der Waals surface area contributed by atoms with Crippen LogP contribution in [0.1, 0.15) is 50.2 Å². The number of benzene rings is 1. The van der Waals surface area contributed by atoms with Crippen LogP contribution in [-0.4, -0.2) is 0 Å². The van der Waals surface area contributed by atoms with Crippen molar-refractivity contribution in [3.8, 4) is 11.8 Å². The molecule has 0 nitrogen and oxygen atoms in total. The standard InChI is InChI=1S/C15H19F/c1-3-4-5-6-7-8-9-14-10-11-15(16)12-13(14)2/h10-12H,3-7H2,1-2H3. The first-order valence-corrected chi connectivity index (χ1v) is 5.99. The van der Waals surface area contributed by atoms with Gasteiger partial charge < -0.3 is 0 Å². The zero-order valence-electron chi connectivity index (χ0n) is 10.1. The van der Waals surface area contributed by atoms with Gasteiger partial charge in [0.2, 0.25) is 0 Å². The third-order valence-electron chi connectivity index (χ3n) is 2.57. The average molecular weight is 218 g/mol. The number of rotatable bonds is 4. The van der Waals surface area contributed by atoms with E-state index in [-0.39, 0.29) is 5.82 Å². The Kier molecular flexibility index (Phi) is 5.64. The molecule has 86 valence electrons. The van der Waals surface area contributed by atoms with Crippen LogP contribution in [0, 0.1) is 24.6 Å². The van der Waals surface area contributed by atoms with E-state index in [1.807, 2.05) is 6.92 Å². The summed E-state index contributed by atoms with van der Waals surface area (Å²) < 4.78 is 12.8. The second kappa shape index (κ2) is 7.06. The van der Waals surface area contributed by atoms with Crippen molar-refractivity contribution in [1.29, 1.82) is 0 Å². The summed E-state index contributed by atoms with van der Waals surface area (Å²) in [4.78, 5) is 0. The highest BCUT2D eigenvalue weighted by atomic mass is 19.1. The molecule has 0 aliphatic rings. The van der Waals surface area contributed by atoms with E-state index in [0.717, 1.165) is 17.5 Å². The van der Waals surface area contributed by atoms with Gasteiger partial charge in [0.05, 0.1) is 0 Å². The normalized spacial score (nSPS) is 9.69. The van der Waals surface area contributed by atoms with Crippen molar-refractivity contribution in [2.75, 3.05) is 0 Å². The molecular weight excluding hydrogens is 199 g/mol. The summed E-state index contributed by atoms with van der Waals surface area (Å²) in [6, 6.07) is 4.75. The zero-order valence-corrected chi connectivity index (χ0v) is 10.1. The van der Waals surface area contributed by atoms with Crippen molar-refractivity contribution >= 4 is 0 Å². The molecule has 0 spiro atoms. The van der Waals surface area contributed by atoms with Gasteiger partial charge >= 0.3 is 0 Å². The largest absolute Gasteiger partial charge is 0.207 e. The Hall–Kier alpha value is -1.29. The van der Waals surface area contributed by atoms with Gasteiger partial charge in [-0.05, 0) is 37.1 Å². The molecule has 0 fully saturated rings. The van der Waals surface area contributed by atoms with Crippen LogP contribution >= 0.6 is 0 Å². The van der Waals surface area contributed by atoms with Crippen LogP contribution in [0.2, 0.25) is 0 Å². The lowest BCUT2D eigenvalue weighted by molar-refractivity contribution is 0.626. The Labute approximate surface area is 97.9 Å². The monoisotopic (exact) mass is 218 g/mol. The molecular formula is C15H19F. The lowest BCUT2D eigenvalue weighted by atomic mass is 10.1. The Morgan fingerprint density at radius 1 is 1.19 bits per heavy atom. The molecule has 0 unspecified atom stereocenters. The number of unbranched alkanes of at least 4 members (excludes halogenated alkanes) is 4. The summed E-state index contributed by atoms with van der Waals surface area (Å²) in [5.74, 6) is 6.06. The molecule has 1 aromatic carbocycles. The smallest absolute Gasteiger partial charge is 0.123 e. The topological polar surface area (TPSA) is 0 Å². The molecule has 16 heavy (non-hydrogen) atoms. The molecule has 0 radical (unpaired) electrons. The maximum absolute atomic E-state index is 12.8. The number of hydrogen-bond donors (Lipinski definition) is 0. The fraction of sp³-hybridized carbons (Fsp3) is 0.467. The molecule has 0 bridgehead atoms. The van der Waals surface area contributed by atoms with E-state index in [0.29, 0.717) is 0 Å². The fourth-order valence-electron chi connectivity index (χ4n) is 1.57. The molecule has 0 aliphatic heterocycles. The molecule has 1 aromatic rings. The van der Waals surface area contributed by atoms with Gasteiger partial charge in [-0.2, -0.15) is 0 Å². The fourth-order valence-corrected chi connectivity index (χ4v) is 1.57. The van der Waals surface area contributed by atoms with Gasteiger partial charge in [-0.1, -0.05) is 38.0 Å². The molecule has 1 heteroatoms. The van der Waals surface area contributed by atoms with E-state index in [1.54, 1.807) is 6.07 Å². The highest BCUT2D eigenvalue weighted by molar-refractivity contribution is 5.40. The van der Waals surface area contributed by atoms with Crippen molar-refractivity contribution < 1.29 is 4.39 Å². The number of halogens is 1. The van der Waals surface area contributed by atoms with Crippen molar-refractivity contribution in [3.05, 3.63) is 35.1 Å². The van der Waals surface area contributed by atoms with Crippen molar-refractivity contribution in [2.45, 2.75) is 46.0 Å². The summed E-state index contributed by atoms with van der Waals surface area (Å²) >= 11 is 0. The Balaban J connectivity index is 2.44. The van der Waals surface area contributed by atoms with Gasteiger partial charge in [0.25, 0.3) is 0 Å². The van der Waals surface area contributed by atoms with Crippen molar-refractivity contribution in [3.63, 3.8) is 0 Å². The van der Waals surface area contributed by atoms with Crippen LogP contribution in [0.25, 0.3) is 0 Å². The maximum atomic E-state index is 12.8. The Morgan fingerprint density at radius 2 is 2.00 bits per heavy atom. The summed E-state index contributed by atoms with van der Waals surface area (Å²) in [6.07, 6.45) is 5.91. The van der Waals surface area contributed by atoms with Crippen LogP contribution in [0.3, 0.4) is 0 Å². The van der Waals surface area contributed by atoms with E-state index in [1.165, 1.54) is 37.8 Å². The lowest BCUT2D eigenvalue weighted by Crippen LogP contribution is -1.83. The minimum absolute atomic E-state index is 0.189. The summed E-state index contributed by atoms with van der Waals surface area (Å²) in [6.45, 7) is 4.09. The predicted octanol–water partition coefficient (Wildman–Crippen LogP) is 4.46. The maximum Gasteiger partial charge on any atom is 0.123 e. The van der Waals surface area contributed by atoms with E-state index < -0.39 is 0 Å². The van der Waals surface area contributed by atoms with E-state index >= 15 is 0 Å². The quantitative estimate of drug-likeness (QED) is 0.517. The molecule has 0 N–H and O–H groups in total. The third kappa shape index (κ3) is 4.49. The van der Waals surface area contributed by atoms with Gasteiger partial charge in [-0.15, -0.1) is 0 Å². The zero-order chi connectivity index (χ0) is 11.8. The van der Waals surface area contributed by atoms with Crippen molar-refractivity contribution in [1.82, 2.24) is 0 Å². The molecule has 0 saturated carbocycles. The van der Waals surface area contributed by atoms with Crippen LogP contribution in [-0.2, 0) is 0 Å². The van der Waals surface area contributed by atoms with Crippen molar-refractivity contribution in [2.24, 2.45) is 0 Å². The van der Waals surface area contributed by atoms with Gasteiger partial charge in [0.1, 0.15) is 5.82 Å². The summed E-state index contributed by atoms with van der Waals surface area (Å²) in [5.41, 5.74) is 1.86. The Bertz CT molecular complexity index is 382. The molecule has 0 saturated heterocycles. The minimum atomic E-state index is -0.189. The molecule has 0 atom stereocenters. The first-order valence-electron chi connectivity index (χ1n) is 5.99. The second-order valence-corrected chi connectivity index (χ2v) is 4.07. The summed E-state index contributed by atoms with van der Waals surface area (Å²) in [5, 5.41) is 0. The highest BCUT2D eigenvalue weighted by Crippen LogP contribution is 2.08. The van der Waals surface area contributed by atoms with Crippen LogP contribution in [0.4, 0.5) is 4.39 Å². The van der Waals surface area contributed by atoms with Crippen LogP contribution in [0.15, 0.2) is 18.2 Å². The Morgan fingerprint density at radius 3 is 2.69 bits per heavy atom. The van der Waals surface area contributed by atoms with Gasteiger partial charge in [0.15, 0.2) is 0 Å². The second-order valence-electron chi connectivity index (χ2n) is 4.07. The lowest BCUT2D eigenvalue weighted by Gasteiger charge is -1.97. The van der Waals surface area contributed by atoms with Crippen LogP contribution < -0.4 is 0 Å².